The topological polar surface area (TPSA) is 44.9 Å². The lowest BCUT2D eigenvalue weighted by Gasteiger charge is -2.40. The van der Waals surface area contributed by atoms with Gasteiger partial charge in [0.1, 0.15) is 5.82 Å². The van der Waals surface area contributed by atoms with Gasteiger partial charge in [-0.3, -0.25) is 0 Å². The summed E-state index contributed by atoms with van der Waals surface area (Å²) in [4.78, 5) is 9.12. The summed E-state index contributed by atoms with van der Waals surface area (Å²) in [6.07, 6.45) is 3.00. The largest absolute Gasteiger partial charge is 0.382 e. The number of rotatable bonds is 2. The zero-order valence-corrected chi connectivity index (χ0v) is 11.2. The van der Waals surface area contributed by atoms with Crippen LogP contribution in [-0.4, -0.2) is 49.2 Å². The fourth-order valence-corrected chi connectivity index (χ4v) is 2.66. The predicted octanol–water partition coefficient (Wildman–Crippen LogP) is 1.11. The molecule has 2 aliphatic heterocycles. The maximum atomic E-state index is 6.10. The number of nitrogens with two attached hydrogens (primary N) is 1. The second-order valence-corrected chi connectivity index (χ2v) is 5.46. The van der Waals surface area contributed by atoms with Crippen molar-refractivity contribution in [3.63, 3.8) is 0 Å². The molecule has 0 amide bonds. The molecular weight excluding hydrogens is 212 g/mol. The quantitative estimate of drug-likeness (QED) is 0.781. The van der Waals surface area contributed by atoms with E-state index in [1.165, 1.54) is 5.70 Å². The van der Waals surface area contributed by atoms with E-state index in [1.807, 2.05) is 6.21 Å². The minimum Gasteiger partial charge on any atom is -0.382 e. The van der Waals surface area contributed by atoms with Crippen molar-refractivity contribution in [2.45, 2.75) is 20.3 Å². The van der Waals surface area contributed by atoms with Crippen LogP contribution in [0.15, 0.2) is 16.5 Å². The highest BCUT2D eigenvalue weighted by molar-refractivity contribution is 5.62. The molecule has 17 heavy (non-hydrogen) atoms. The molecule has 0 bridgehead atoms. The Hall–Kier alpha value is -1.03. The van der Waals surface area contributed by atoms with Crippen LogP contribution in [0.1, 0.15) is 20.3 Å². The first kappa shape index (κ1) is 12.4. The molecule has 4 nitrogen and oxygen atoms in total. The molecule has 1 saturated heterocycles. The van der Waals surface area contributed by atoms with Gasteiger partial charge in [-0.05, 0) is 19.4 Å². The van der Waals surface area contributed by atoms with Crippen LogP contribution in [-0.2, 0) is 0 Å². The number of hydrogen-bond donors (Lipinski definition) is 1. The molecule has 0 aromatic heterocycles. The molecule has 2 N–H and O–H groups in total. The van der Waals surface area contributed by atoms with Gasteiger partial charge in [0, 0.05) is 38.3 Å². The van der Waals surface area contributed by atoms with Gasteiger partial charge in [0.15, 0.2) is 0 Å². The summed E-state index contributed by atoms with van der Waals surface area (Å²) in [6.45, 7) is 8.92. The van der Waals surface area contributed by atoms with Crippen LogP contribution < -0.4 is 5.73 Å². The number of nitrogens with zero attached hydrogens (tertiary/aromatic N) is 3. The average Bonchev–Trinajstić information content (AvgIpc) is 2.30. The van der Waals surface area contributed by atoms with Crippen molar-refractivity contribution >= 4 is 6.21 Å². The summed E-state index contributed by atoms with van der Waals surface area (Å²) in [5.74, 6) is 1.89. The lowest BCUT2D eigenvalue weighted by molar-refractivity contribution is 0.163. The molecular formula is C13H24N4. The Kier molecular flexibility index (Phi) is 3.72. The zero-order valence-electron chi connectivity index (χ0n) is 11.2. The van der Waals surface area contributed by atoms with Crippen molar-refractivity contribution in [3.8, 4) is 0 Å². The van der Waals surface area contributed by atoms with Gasteiger partial charge in [-0.15, -0.1) is 0 Å². The standard InChI is InChI=1S/C13H24N4/c1-10(2)11-4-5-15-13(14)12(11)17-8-6-16(3)7-9-17/h5,10-11H,4,6-9,14H2,1-3H3/t11-/m1/s1. The highest BCUT2D eigenvalue weighted by Gasteiger charge is 2.28. The fourth-order valence-electron chi connectivity index (χ4n) is 2.66. The van der Waals surface area contributed by atoms with Gasteiger partial charge in [0.2, 0.25) is 0 Å². The Morgan fingerprint density at radius 1 is 1.29 bits per heavy atom. The molecule has 96 valence electrons. The van der Waals surface area contributed by atoms with Crippen LogP contribution in [0, 0.1) is 11.8 Å². The van der Waals surface area contributed by atoms with Gasteiger partial charge in [0.05, 0.1) is 5.70 Å². The predicted molar refractivity (Wildman–Crippen MR) is 71.7 cm³/mol. The van der Waals surface area contributed by atoms with Crippen molar-refractivity contribution in [3.05, 3.63) is 11.5 Å². The molecule has 0 aromatic carbocycles. The fraction of sp³-hybridized carbons (Fsp3) is 0.769. The third kappa shape index (κ3) is 2.63. The minimum absolute atomic E-state index is 0.538. The van der Waals surface area contributed by atoms with Crippen LogP contribution in [0.3, 0.4) is 0 Å². The lowest BCUT2D eigenvalue weighted by atomic mass is 9.87. The number of piperazine rings is 1. The zero-order chi connectivity index (χ0) is 12.4. The molecule has 1 fully saturated rings. The Bertz CT molecular complexity index is 324. The summed E-state index contributed by atoms with van der Waals surface area (Å²) in [5, 5.41) is 0. The van der Waals surface area contributed by atoms with Gasteiger partial charge in [0.25, 0.3) is 0 Å². The van der Waals surface area contributed by atoms with Gasteiger partial charge >= 0.3 is 0 Å². The maximum Gasteiger partial charge on any atom is 0.142 e. The molecule has 2 heterocycles. The molecule has 0 unspecified atom stereocenters. The van der Waals surface area contributed by atoms with Gasteiger partial charge in [-0.25, -0.2) is 4.99 Å². The summed E-state index contributed by atoms with van der Waals surface area (Å²) in [5.41, 5.74) is 7.39. The van der Waals surface area contributed by atoms with Gasteiger partial charge in [-0.1, -0.05) is 13.8 Å². The van der Waals surface area contributed by atoms with Crippen molar-refractivity contribution in [1.29, 1.82) is 0 Å². The Balaban J connectivity index is 2.17. The number of allylic oxidation sites excluding steroid dienone is 1. The third-order valence-corrected chi connectivity index (χ3v) is 3.85. The first-order chi connectivity index (χ1) is 8.09. The SMILES string of the molecule is CC(C)[C@H]1CC=NC(N)=C1N1CCN(C)CC1. The highest BCUT2D eigenvalue weighted by atomic mass is 15.3. The van der Waals surface area contributed by atoms with E-state index in [2.05, 4.69) is 35.7 Å². The molecule has 1 atom stereocenters. The van der Waals surface area contributed by atoms with E-state index in [0.717, 1.165) is 38.4 Å². The monoisotopic (exact) mass is 236 g/mol. The normalized spacial score (nSPS) is 27.1. The first-order valence-electron chi connectivity index (χ1n) is 6.55. The third-order valence-electron chi connectivity index (χ3n) is 3.85. The Labute approximate surface area is 104 Å². The molecule has 0 spiro atoms. The number of hydrogen-bond acceptors (Lipinski definition) is 4. The van der Waals surface area contributed by atoms with E-state index < -0.39 is 0 Å². The van der Waals surface area contributed by atoms with Crippen LogP contribution >= 0.6 is 0 Å². The first-order valence-corrected chi connectivity index (χ1v) is 6.55. The van der Waals surface area contributed by atoms with Crippen LogP contribution in [0.5, 0.6) is 0 Å². The Morgan fingerprint density at radius 3 is 2.53 bits per heavy atom. The molecule has 2 rings (SSSR count). The van der Waals surface area contributed by atoms with E-state index >= 15 is 0 Å². The molecule has 0 aliphatic carbocycles. The van der Waals surface area contributed by atoms with Crippen molar-refractivity contribution in [2.75, 3.05) is 33.2 Å². The van der Waals surface area contributed by atoms with Gasteiger partial charge in [-0.2, -0.15) is 0 Å². The van der Waals surface area contributed by atoms with E-state index in [-0.39, 0.29) is 0 Å². The molecule has 4 heteroatoms. The average molecular weight is 236 g/mol. The maximum absolute atomic E-state index is 6.10. The van der Waals surface area contributed by atoms with Crippen LogP contribution in [0.2, 0.25) is 0 Å². The Morgan fingerprint density at radius 2 is 1.94 bits per heavy atom. The van der Waals surface area contributed by atoms with Crippen molar-refractivity contribution in [2.24, 2.45) is 22.6 Å². The molecule has 0 saturated carbocycles. The van der Waals surface area contributed by atoms with E-state index in [4.69, 9.17) is 5.73 Å². The van der Waals surface area contributed by atoms with E-state index in [1.54, 1.807) is 0 Å². The molecule has 2 aliphatic rings. The lowest BCUT2D eigenvalue weighted by Crippen LogP contribution is -2.46. The van der Waals surface area contributed by atoms with Crippen LogP contribution in [0.25, 0.3) is 0 Å². The summed E-state index contributed by atoms with van der Waals surface area (Å²) < 4.78 is 0. The molecule has 0 aromatic rings. The van der Waals surface area contributed by atoms with Gasteiger partial charge < -0.3 is 15.5 Å². The second kappa shape index (κ2) is 5.08. The number of likely N-dealkylation sites (N-methyl/N-ethyl adjacent to an activating group) is 1. The summed E-state index contributed by atoms with van der Waals surface area (Å²) >= 11 is 0. The molecule has 0 radical (unpaired) electrons. The second-order valence-electron chi connectivity index (χ2n) is 5.46. The van der Waals surface area contributed by atoms with E-state index in [0.29, 0.717) is 11.8 Å². The highest BCUT2D eigenvalue weighted by Crippen LogP contribution is 2.31. The van der Waals surface area contributed by atoms with Crippen molar-refractivity contribution < 1.29 is 0 Å². The summed E-state index contributed by atoms with van der Waals surface area (Å²) in [7, 11) is 2.17. The summed E-state index contributed by atoms with van der Waals surface area (Å²) in [6, 6.07) is 0. The number of aliphatic imine (C=N–C) groups is 1. The smallest absolute Gasteiger partial charge is 0.142 e. The van der Waals surface area contributed by atoms with Crippen LogP contribution in [0.4, 0.5) is 0 Å². The minimum atomic E-state index is 0.538. The van der Waals surface area contributed by atoms with E-state index in [9.17, 15) is 0 Å². The van der Waals surface area contributed by atoms with Crippen molar-refractivity contribution in [1.82, 2.24) is 9.80 Å².